The molecule has 1 N–H and O–H groups in total. The highest BCUT2D eigenvalue weighted by Crippen LogP contribution is 2.43. The van der Waals surface area contributed by atoms with E-state index in [9.17, 15) is 19.5 Å². The molecule has 32 heavy (non-hydrogen) atoms. The van der Waals surface area contributed by atoms with Gasteiger partial charge in [0, 0.05) is 12.5 Å². The monoisotopic (exact) mass is 444 g/mol. The molecule has 0 aliphatic rings. The molecular formula is C24H28O8. The van der Waals surface area contributed by atoms with Gasteiger partial charge in [0.05, 0.1) is 19.8 Å². The van der Waals surface area contributed by atoms with Crippen molar-refractivity contribution in [3.8, 4) is 23.0 Å². The van der Waals surface area contributed by atoms with Gasteiger partial charge in [0.2, 0.25) is 0 Å². The maximum atomic E-state index is 12.7. The van der Waals surface area contributed by atoms with E-state index >= 15 is 0 Å². The molecule has 2 atom stereocenters. The number of hydrogen-bond acceptors (Lipinski definition) is 8. The van der Waals surface area contributed by atoms with E-state index in [1.807, 2.05) is 13.8 Å². The normalized spacial score (nSPS) is 12.4. The number of aromatic hydroxyl groups is 1. The zero-order valence-electron chi connectivity index (χ0n) is 19.1. The smallest absolute Gasteiger partial charge is 0.345 e. The van der Waals surface area contributed by atoms with Crippen molar-refractivity contribution in [1.29, 1.82) is 0 Å². The number of methoxy groups -OCH3 is 2. The van der Waals surface area contributed by atoms with E-state index in [4.69, 9.17) is 18.9 Å². The Morgan fingerprint density at radius 2 is 1.84 bits per heavy atom. The maximum Gasteiger partial charge on any atom is 0.345 e. The lowest BCUT2D eigenvalue weighted by Gasteiger charge is -2.26. The van der Waals surface area contributed by atoms with Crippen molar-refractivity contribution < 1.29 is 38.4 Å². The van der Waals surface area contributed by atoms with Gasteiger partial charge < -0.3 is 24.1 Å². The Balaban J connectivity index is 2.73. The van der Waals surface area contributed by atoms with Crippen LogP contribution in [0.2, 0.25) is 0 Å². The summed E-state index contributed by atoms with van der Waals surface area (Å²) in [4.78, 5) is 36.0. The molecule has 0 aliphatic carbocycles. The molecule has 2 aromatic rings. The van der Waals surface area contributed by atoms with Gasteiger partial charge in [-0.3, -0.25) is 9.59 Å². The van der Waals surface area contributed by atoms with Crippen LogP contribution in [0.25, 0.3) is 0 Å². The number of aryl methyl sites for hydroxylation is 1. The third kappa shape index (κ3) is 5.19. The third-order valence-electron chi connectivity index (χ3n) is 5.09. The first kappa shape index (κ1) is 24.7. The van der Waals surface area contributed by atoms with Gasteiger partial charge in [-0.15, -0.1) is 0 Å². The number of ether oxygens (including phenoxy) is 4. The van der Waals surface area contributed by atoms with Crippen LogP contribution in [0.15, 0.2) is 24.3 Å². The zero-order valence-corrected chi connectivity index (χ0v) is 19.1. The highest BCUT2D eigenvalue weighted by atomic mass is 16.5. The quantitative estimate of drug-likeness (QED) is 0.436. The molecule has 0 bridgehead atoms. The molecule has 172 valence electrons. The molecule has 0 heterocycles. The van der Waals surface area contributed by atoms with Crippen LogP contribution in [-0.4, -0.2) is 37.6 Å². The predicted octanol–water partition coefficient (Wildman–Crippen LogP) is 4.75. The largest absolute Gasteiger partial charge is 0.504 e. The summed E-state index contributed by atoms with van der Waals surface area (Å²) >= 11 is 0. The number of aldehydes is 1. The molecule has 0 saturated carbocycles. The third-order valence-corrected chi connectivity index (χ3v) is 5.09. The van der Waals surface area contributed by atoms with Gasteiger partial charge in [0.1, 0.15) is 23.2 Å². The number of phenolic OH excluding ortho intramolecular Hbond substituents is 1. The topological polar surface area (TPSA) is 108 Å². The summed E-state index contributed by atoms with van der Waals surface area (Å²) in [6, 6.07) is 6.08. The maximum absolute atomic E-state index is 12.7. The Morgan fingerprint density at radius 3 is 2.38 bits per heavy atom. The number of esters is 2. The molecule has 0 radical (unpaired) electrons. The minimum atomic E-state index is -0.760. The second-order valence-corrected chi connectivity index (χ2v) is 7.39. The van der Waals surface area contributed by atoms with Crippen LogP contribution in [0.1, 0.15) is 65.1 Å². The molecular weight excluding hydrogens is 416 g/mol. The number of phenols is 1. The zero-order chi connectivity index (χ0) is 24.0. The van der Waals surface area contributed by atoms with Gasteiger partial charge >= 0.3 is 11.9 Å². The van der Waals surface area contributed by atoms with E-state index in [-0.39, 0.29) is 40.0 Å². The lowest BCUT2D eigenvalue weighted by atomic mass is 9.92. The van der Waals surface area contributed by atoms with Gasteiger partial charge in [-0.1, -0.05) is 13.8 Å². The summed E-state index contributed by atoms with van der Waals surface area (Å²) in [7, 11) is 2.58. The van der Waals surface area contributed by atoms with Crippen molar-refractivity contribution in [1.82, 2.24) is 0 Å². The van der Waals surface area contributed by atoms with E-state index in [0.29, 0.717) is 23.8 Å². The van der Waals surface area contributed by atoms with Crippen LogP contribution >= 0.6 is 0 Å². The minimum Gasteiger partial charge on any atom is -0.504 e. The average Bonchev–Trinajstić information content (AvgIpc) is 2.77. The van der Waals surface area contributed by atoms with Gasteiger partial charge in [-0.05, 0) is 49.1 Å². The van der Waals surface area contributed by atoms with Gasteiger partial charge in [-0.2, -0.15) is 0 Å². The van der Waals surface area contributed by atoms with Crippen molar-refractivity contribution in [2.24, 2.45) is 5.92 Å². The number of hydrogen-bond donors (Lipinski definition) is 1. The summed E-state index contributed by atoms with van der Waals surface area (Å²) in [6.07, 6.45) is 0.570. The Labute approximate surface area is 187 Å². The van der Waals surface area contributed by atoms with Crippen molar-refractivity contribution in [2.45, 2.75) is 40.2 Å². The lowest BCUT2D eigenvalue weighted by Crippen LogP contribution is -2.18. The first-order valence-corrected chi connectivity index (χ1v) is 10.1. The van der Waals surface area contributed by atoms with Gasteiger partial charge in [0.25, 0.3) is 0 Å². The van der Waals surface area contributed by atoms with E-state index in [0.717, 1.165) is 0 Å². The number of rotatable bonds is 9. The molecule has 0 saturated heterocycles. The highest BCUT2D eigenvalue weighted by molar-refractivity contribution is 5.96. The highest BCUT2D eigenvalue weighted by Gasteiger charge is 2.31. The van der Waals surface area contributed by atoms with Crippen LogP contribution in [-0.2, 0) is 14.3 Å². The van der Waals surface area contributed by atoms with Crippen LogP contribution in [0.3, 0.4) is 0 Å². The molecule has 0 aromatic heterocycles. The Hall–Kier alpha value is -3.55. The van der Waals surface area contributed by atoms with Crippen LogP contribution in [0.5, 0.6) is 23.0 Å². The number of benzene rings is 2. The lowest BCUT2D eigenvalue weighted by molar-refractivity contribution is -0.149. The fraction of sp³-hybridized carbons (Fsp3) is 0.375. The summed E-state index contributed by atoms with van der Waals surface area (Å²) in [5.74, 6) is -1.56. The van der Waals surface area contributed by atoms with E-state index in [2.05, 4.69) is 0 Å². The molecule has 8 nitrogen and oxygen atoms in total. The van der Waals surface area contributed by atoms with Gasteiger partial charge in [0.15, 0.2) is 17.8 Å². The molecule has 0 amide bonds. The first-order chi connectivity index (χ1) is 15.2. The fourth-order valence-electron chi connectivity index (χ4n) is 3.37. The van der Waals surface area contributed by atoms with E-state index < -0.39 is 18.0 Å². The molecule has 0 spiro atoms. The van der Waals surface area contributed by atoms with Crippen LogP contribution in [0, 0.1) is 12.8 Å². The molecule has 2 rings (SSSR count). The molecule has 0 fully saturated rings. The molecule has 0 aliphatic heterocycles. The summed E-state index contributed by atoms with van der Waals surface area (Å²) in [5.41, 5.74) is 1.17. The van der Waals surface area contributed by atoms with Crippen LogP contribution < -0.4 is 9.47 Å². The van der Waals surface area contributed by atoms with E-state index in [1.165, 1.54) is 33.3 Å². The minimum absolute atomic E-state index is 0.00503. The number of carbonyl (C=O) groups is 3. The van der Waals surface area contributed by atoms with Crippen molar-refractivity contribution in [3.63, 3.8) is 0 Å². The van der Waals surface area contributed by atoms with Gasteiger partial charge in [-0.25, -0.2) is 4.79 Å². The second-order valence-electron chi connectivity index (χ2n) is 7.39. The summed E-state index contributed by atoms with van der Waals surface area (Å²) in [5, 5.41) is 10.3. The Bertz CT molecular complexity index is 1010. The average molecular weight is 444 g/mol. The molecule has 8 heteroatoms. The van der Waals surface area contributed by atoms with Crippen molar-refractivity contribution in [3.05, 3.63) is 46.5 Å². The Kier molecular flexibility index (Phi) is 8.23. The fourth-order valence-corrected chi connectivity index (χ4v) is 3.37. The van der Waals surface area contributed by atoms with Crippen LogP contribution in [0.4, 0.5) is 0 Å². The molecule has 2 aromatic carbocycles. The SMILES string of the molecule is CC[C@@H](C)[C@H](OC(C)=O)c1ccc(Oc2c(O)cc(C)cc2C=O)c(C(=O)OC)c1OC. The van der Waals surface area contributed by atoms with Crippen molar-refractivity contribution in [2.75, 3.05) is 14.2 Å². The van der Waals surface area contributed by atoms with E-state index in [1.54, 1.807) is 19.1 Å². The predicted molar refractivity (Wildman–Crippen MR) is 117 cm³/mol. The Morgan fingerprint density at radius 1 is 1.16 bits per heavy atom. The summed E-state index contributed by atoms with van der Waals surface area (Å²) < 4.78 is 21.8. The molecule has 0 unspecified atom stereocenters. The number of carbonyl (C=O) groups excluding carboxylic acids is 3. The van der Waals surface area contributed by atoms with Crippen molar-refractivity contribution >= 4 is 18.2 Å². The first-order valence-electron chi connectivity index (χ1n) is 10.1. The second kappa shape index (κ2) is 10.7. The standard InChI is InChI=1S/C24H28O8/c1-7-14(3)21(31-15(4)26)17-8-9-19(20(23(17)29-5)24(28)30-6)32-22-16(12-25)10-13(2)11-18(22)27/h8-12,14,21,27H,7H2,1-6H3/t14-,21+/m1/s1. The summed E-state index contributed by atoms with van der Waals surface area (Å²) in [6.45, 7) is 6.89.